The van der Waals surface area contributed by atoms with Gasteiger partial charge in [-0.1, -0.05) is 42.0 Å². The number of hydrogen-bond acceptors (Lipinski definition) is 4. The molecule has 3 aromatic carbocycles. The highest BCUT2D eigenvalue weighted by Crippen LogP contribution is 2.41. The molecule has 0 fully saturated rings. The summed E-state index contributed by atoms with van der Waals surface area (Å²) in [7, 11) is 1.51. The van der Waals surface area contributed by atoms with Crippen LogP contribution in [0.4, 0.5) is 11.4 Å². The van der Waals surface area contributed by atoms with Gasteiger partial charge in [-0.3, -0.25) is 9.69 Å². The van der Waals surface area contributed by atoms with Crippen LogP contribution in [-0.2, 0) is 0 Å². The van der Waals surface area contributed by atoms with E-state index in [9.17, 15) is 9.90 Å². The van der Waals surface area contributed by atoms with Crippen LogP contribution in [0.15, 0.2) is 66.7 Å². The second kappa shape index (κ2) is 6.68. The lowest BCUT2D eigenvalue weighted by atomic mass is 10.0. The minimum absolute atomic E-state index is 0.0155. The molecule has 0 saturated heterocycles. The van der Waals surface area contributed by atoms with Crippen LogP contribution in [0.1, 0.15) is 27.7 Å². The van der Waals surface area contributed by atoms with Gasteiger partial charge < -0.3 is 15.2 Å². The Kier molecular flexibility index (Phi) is 4.20. The molecule has 0 saturated carbocycles. The first kappa shape index (κ1) is 17.0. The average molecular weight is 360 g/mol. The molecule has 1 heterocycles. The summed E-state index contributed by atoms with van der Waals surface area (Å²) in [5, 5.41) is 14.1. The number of para-hydroxylation sites is 2. The molecule has 0 aliphatic carbocycles. The third kappa shape index (κ3) is 2.87. The molecule has 0 bridgehead atoms. The number of phenols is 1. The number of benzene rings is 3. The first-order valence-corrected chi connectivity index (χ1v) is 8.72. The van der Waals surface area contributed by atoms with Gasteiger partial charge in [-0.05, 0) is 37.3 Å². The topological polar surface area (TPSA) is 61.8 Å². The highest BCUT2D eigenvalue weighted by atomic mass is 16.5. The summed E-state index contributed by atoms with van der Waals surface area (Å²) in [5.41, 5.74) is 3.75. The van der Waals surface area contributed by atoms with Gasteiger partial charge in [-0.25, -0.2) is 0 Å². The maximum absolute atomic E-state index is 13.3. The SMILES string of the molecule is COc1cccc([C@@H]2Nc3ccccc3C(=O)N2c2ccc(C)cc2)c1O. The zero-order chi connectivity index (χ0) is 19.0. The van der Waals surface area contributed by atoms with E-state index in [2.05, 4.69) is 5.32 Å². The molecule has 0 unspecified atom stereocenters. The molecule has 1 aliphatic heterocycles. The van der Waals surface area contributed by atoms with Crippen LogP contribution >= 0.6 is 0 Å². The Bertz CT molecular complexity index is 999. The van der Waals surface area contributed by atoms with Gasteiger partial charge >= 0.3 is 0 Å². The molecule has 5 nitrogen and oxygen atoms in total. The standard InChI is InChI=1S/C22H20N2O3/c1-14-10-12-15(13-11-14)24-21(17-7-5-9-19(27-2)20(17)25)23-18-8-4-3-6-16(18)22(24)26/h3-13,21,23,25H,1-2H3/t21-/m1/s1. The van der Waals surface area contributed by atoms with Crippen LogP contribution in [0.2, 0.25) is 0 Å². The Morgan fingerprint density at radius 1 is 1.00 bits per heavy atom. The van der Waals surface area contributed by atoms with Crippen molar-refractivity contribution in [2.75, 3.05) is 17.3 Å². The summed E-state index contributed by atoms with van der Waals surface area (Å²) in [4.78, 5) is 15.0. The fourth-order valence-electron chi connectivity index (χ4n) is 3.37. The van der Waals surface area contributed by atoms with Crippen LogP contribution in [0, 0.1) is 6.92 Å². The lowest BCUT2D eigenvalue weighted by Gasteiger charge is -2.38. The number of nitrogens with one attached hydrogen (secondary N) is 1. The van der Waals surface area contributed by atoms with Gasteiger partial charge in [-0.2, -0.15) is 0 Å². The number of nitrogens with zero attached hydrogens (tertiary/aromatic N) is 1. The summed E-state index contributed by atoms with van der Waals surface area (Å²) >= 11 is 0. The quantitative estimate of drug-likeness (QED) is 0.723. The predicted octanol–water partition coefficient (Wildman–Crippen LogP) is 4.48. The number of carbonyl (C=O) groups excluding carboxylic acids is 1. The summed E-state index contributed by atoms with van der Waals surface area (Å²) < 4.78 is 5.25. The maximum atomic E-state index is 13.3. The smallest absolute Gasteiger partial charge is 0.262 e. The number of fused-ring (bicyclic) bond motifs is 1. The van der Waals surface area contributed by atoms with Crippen LogP contribution < -0.4 is 15.0 Å². The average Bonchev–Trinajstić information content (AvgIpc) is 2.69. The van der Waals surface area contributed by atoms with E-state index >= 15 is 0 Å². The fraction of sp³-hybridized carbons (Fsp3) is 0.136. The zero-order valence-corrected chi connectivity index (χ0v) is 15.1. The number of methoxy groups -OCH3 is 1. The number of amides is 1. The number of aryl methyl sites for hydroxylation is 1. The monoisotopic (exact) mass is 360 g/mol. The van der Waals surface area contributed by atoms with Crippen molar-refractivity contribution in [2.45, 2.75) is 13.1 Å². The summed E-state index contributed by atoms with van der Waals surface area (Å²) in [6, 6.07) is 20.4. The van der Waals surface area contributed by atoms with E-state index in [1.165, 1.54) is 7.11 Å². The summed E-state index contributed by atoms with van der Waals surface area (Å²) in [6.07, 6.45) is -0.565. The van der Waals surface area contributed by atoms with Gasteiger partial charge in [0.05, 0.1) is 12.7 Å². The molecular weight excluding hydrogens is 340 g/mol. The first-order chi connectivity index (χ1) is 13.1. The van der Waals surface area contributed by atoms with Gasteiger partial charge in [0.25, 0.3) is 5.91 Å². The molecule has 2 N–H and O–H groups in total. The first-order valence-electron chi connectivity index (χ1n) is 8.72. The molecule has 1 aliphatic rings. The lowest BCUT2D eigenvalue weighted by molar-refractivity contribution is 0.0974. The molecule has 4 rings (SSSR count). The highest BCUT2D eigenvalue weighted by molar-refractivity contribution is 6.12. The minimum Gasteiger partial charge on any atom is -0.504 e. The van der Waals surface area contributed by atoms with Crippen molar-refractivity contribution in [1.82, 2.24) is 0 Å². The van der Waals surface area contributed by atoms with Crippen LogP contribution in [0.5, 0.6) is 11.5 Å². The highest BCUT2D eigenvalue weighted by Gasteiger charge is 2.35. The molecule has 27 heavy (non-hydrogen) atoms. The van der Waals surface area contributed by atoms with Gasteiger partial charge in [0.15, 0.2) is 11.5 Å². The van der Waals surface area contributed by atoms with Crippen molar-refractivity contribution >= 4 is 17.3 Å². The van der Waals surface area contributed by atoms with Crippen LogP contribution in [0.25, 0.3) is 0 Å². The molecule has 1 amide bonds. The number of rotatable bonds is 3. The molecule has 0 radical (unpaired) electrons. The van der Waals surface area contributed by atoms with Gasteiger partial charge in [0.1, 0.15) is 6.17 Å². The van der Waals surface area contributed by atoms with E-state index in [0.717, 1.165) is 16.9 Å². The van der Waals surface area contributed by atoms with E-state index in [1.807, 2.05) is 49.4 Å². The van der Waals surface area contributed by atoms with Crippen molar-refractivity contribution in [1.29, 1.82) is 0 Å². The van der Waals surface area contributed by atoms with E-state index < -0.39 is 6.17 Å². The normalized spacial score (nSPS) is 15.9. The molecule has 0 aromatic heterocycles. The van der Waals surface area contributed by atoms with Crippen molar-refractivity contribution in [2.24, 2.45) is 0 Å². The molecule has 0 spiro atoms. The number of aromatic hydroxyl groups is 1. The largest absolute Gasteiger partial charge is 0.504 e. The number of ether oxygens (including phenoxy) is 1. The number of anilines is 2. The third-order valence-electron chi connectivity index (χ3n) is 4.78. The van der Waals surface area contributed by atoms with E-state index in [-0.39, 0.29) is 11.7 Å². The Labute approximate surface area is 157 Å². The van der Waals surface area contributed by atoms with Gasteiger partial charge in [0, 0.05) is 16.9 Å². The second-order valence-electron chi connectivity index (χ2n) is 6.50. The van der Waals surface area contributed by atoms with Crippen molar-refractivity contribution in [3.05, 3.63) is 83.4 Å². The Balaban J connectivity index is 1.89. The molecule has 136 valence electrons. The van der Waals surface area contributed by atoms with Gasteiger partial charge in [-0.15, -0.1) is 0 Å². The molecule has 1 atom stereocenters. The minimum atomic E-state index is -0.565. The van der Waals surface area contributed by atoms with E-state index in [4.69, 9.17) is 4.74 Å². The lowest BCUT2D eigenvalue weighted by Crippen LogP contribution is -2.43. The Morgan fingerprint density at radius 3 is 2.48 bits per heavy atom. The number of carbonyl (C=O) groups is 1. The number of hydrogen-bond donors (Lipinski definition) is 2. The second-order valence-corrected chi connectivity index (χ2v) is 6.50. The predicted molar refractivity (Wildman–Crippen MR) is 105 cm³/mol. The Morgan fingerprint density at radius 2 is 1.74 bits per heavy atom. The Hall–Kier alpha value is -3.47. The molecule has 5 heteroatoms. The van der Waals surface area contributed by atoms with E-state index in [1.54, 1.807) is 29.2 Å². The summed E-state index contributed by atoms with van der Waals surface area (Å²) in [5.74, 6) is 0.256. The van der Waals surface area contributed by atoms with Crippen molar-refractivity contribution < 1.29 is 14.6 Å². The van der Waals surface area contributed by atoms with Gasteiger partial charge in [0.2, 0.25) is 0 Å². The van der Waals surface area contributed by atoms with Crippen LogP contribution in [0.3, 0.4) is 0 Å². The number of phenolic OH excluding ortho intramolecular Hbond substituents is 1. The molecule has 3 aromatic rings. The maximum Gasteiger partial charge on any atom is 0.262 e. The fourth-order valence-corrected chi connectivity index (χ4v) is 3.37. The van der Waals surface area contributed by atoms with Crippen molar-refractivity contribution in [3.8, 4) is 11.5 Å². The molecular formula is C22H20N2O3. The third-order valence-corrected chi connectivity index (χ3v) is 4.78. The summed E-state index contributed by atoms with van der Waals surface area (Å²) in [6.45, 7) is 2.00. The zero-order valence-electron chi connectivity index (χ0n) is 15.1. The van der Waals surface area contributed by atoms with E-state index in [0.29, 0.717) is 16.9 Å². The van der Waals surface area contributed by atoms with Crippen molar-refractivity contribution in [3.63, 3.8) is 0 Å². The van der Waals surface area contributed by atoms with Crippen LogP contribution in [-0.4, -0.2) is 18.1 Å².